The number of halogens is 1. The molecule has 9 heteroatoms. The van der Waals surface area contributed by atoms with E-state index in [4.69, 9.17) is 11.6 Å². The van der Waals surface area contributed by atoms with Crippen molar-refractivity contribution in [3.63, 3.8) is 0 Å². The molecule has 0 aliphatic carbocycles. The summed E-state index contributed by atoms with van der Waals surface area (Å²) in [7, 11) is -4.11. The van der Waals surface area contributed by atoms with Crippen molar-refractivity contribution in [1.29, 1.82) is 0 Å². The number of nitrogens with one attached hydrogen (secondary N) is 1. The van der Waals surface area contributed by atoms with Crippen LogP contribution in [0.2, 0.25) is 5.02 Å². The molecule has 0 saturated heterocycles. The van der Waals surface area contributed by atoms with Gasteiger partial charge in [0, 0.05) is 17.1 Å². The number of nitrogens with zero attached hydrogens (tertiary/aromatic N) is 2. The molecule has 0 heterocycles. The first-order chi connectivity index (χ1) is 17.8. The predicted octanol–water partition coefficient (Wildman–Crippen LogP) is 5.18. The zero-order valence-corrected chi connectivity index (χ0v) is 23.9. The standard InChI is InChI=1S/C29H34ClN3O4S/c1-21-10-9-11-23(18-21)19-32(22(2)28(35)31-29(3,4)5)27(34)20-33(25-16-14-24(30)15-17-25)38(36,37)26-12-7-6-8-13-26/h6-18,22H,19-20H2,1-5H3,(H,31,35). The van der Waals surface area contributed by atoms with E-state index in [9.17, 15) is 18.0 Å². The highest BCUT2D eigenvalue weighted by Gasteiger charge is 2.33. The molecule has 0 radical (unpaired) electrons. The Morgan fingerprint density at radius 2 is 1.58 bits per heavy atom. The van der Waals surface area contributed by atoms with Crippen molar-refractivity contribution in [3.8, 4) is 0 Å². The van der Waals surface area contributed by atoms with Gasteiger partial charge in [0.05, 0.1) is 10.6 Å². The zero-order valence-electron chi connectivity index (χ0n) is 22.3. The highest BCUT2D eigenvalue weighted by Crippen LogP contribution is 2.26. The molecule has 0 bridgehead atoms. The van der Waals surface area contributed by atoms with Crippen LogP contribution in [0.1, 0.15) is 38.8 Å². The van der Waals surface area contributed by atoms with Crippen LogP contribution in [0.4, 0.5) is 5.69 Å². The summed E-state index contributed by atoms with van der Waals surface area (Å²) < 4.78 is 28.5. The molecule has 3 aromatic rings. The number of hydrogen-bond donors (Lipinski definition) is 1. The third-order valence-electron chi connectivity index (χ3n) is 5.83. The van der Waals surface area contributed by atoms with Crippen LogP contribution in [0, 0.1) is 6.92 Å². The normalized spacial score (nSPS) is 12.5. The lowest BCUT2D eigenvalue weighted by Crippen LogP contribution is -2.54. The lowest BCUT2D eigenvalue weighted by Gasteiger charge is -2.33. The summed E-state index contributed by atoms with van der Waals surface area (Å²) in [5.74, 6) is -0.847. The van der Waals surface area contributed by atoms with Crippen LogP contribution in [-0.4, -0.2) is 43.3 Å². The van der Waals surface area contributed by atoms with E-state index in [2.05, 4.69) is 5.32 Å². The lowest BCUT2D eigenvalue weighted by molar-refractivity contribution is -0.140. The van der Waals surface area contributed by atoms with Gasteiger partial charge in [-0.1, -0.05) is 59.6 Å². The van der Waals surface area contributed by atoms with Crippen LogP contribution in [0.5, 0.6) is 0 Å². The second kappa shape index (κ2) is 12.0. The van der Waals surface area contributed by atoms with E-state index in [0.29, 0.717) is 5.02 Å². The number of rotatable bonds is 9. The van der Waals surface area contributed by atoms with Crippen molar-refractivity contribution >= 4 is 39.1 Å². The Kier molecular flexibility index (Phi) is 9.22. The van der Waals surface area contributed by atoms with Gasteiger partial charge in [0.15, 0.2) is 0 Å². The molecule has 0 fully saturated rings. The molecule has 0 aliphatic rings. The average molecular weight is 556 g/mol. The fourth-order valence-electron chi connectivity index (χ4n) is 3.92. The molecule has 1 N–H and O–H groups in total. The fourth-order valence-corrected chi connectivity index (χ4v) is 5.48. The second-order valence-corrected chi connectivity index (χ2v) is 12.5. The van der Waals surface area contributed by atoms with Crippen molar-refractivity contribution in [2.75, 3.05) is 10.8 Å². The van der Waals surface area contributed by atoms with Crippen LogP contribution in [0.15, 0.2) is 83.8 Å². The molecular weight excluding hydrogens is 522 g/mol. The van der Waals surface area contributed by atoms with Gasteiger partial charge in [0.2, 0.25) is 11.8 Å². The summed E-state index contributed by atoms with van der Waals surface area (Å²) in [6.45, 7) is 8.81. The van der Waals surface area contributed by atoms with E-state index in [1.165, 1.54) is 17.0 Å². The molecule has 1 unspecified atom stereocenters. The second-order valence-electron chi connectivity index (χ2n) is 10.2. The molecule has 1 atom stereocenters. The zero-order chi connectivity index (χ0) is 28.1. The Hall–Kier alpha value is -3.36. The first-order valence-corrected chi connectivity index (χ1v) is 14.1. The maximum absolute atomic E-state index is 13.9. The van der Waals surface area contributed by atoms with Crippen LogP contribution in [-0.2, 0) is 26.2 Å². The molecule has 3 aromatic carbocycles. The maximum atomic E-state index is 13.9. The Bertz CT molecular complexity index is 1370. The summed E-state index contributed by atoms with van der Waals surface area (Å²) in [4.78, 5) is 28.5. The summed E-state index contributed by atoms with van der Waals surface area (Å²) in [6, 6.07) is 20.9. The fraction of sp³-hybridized carbons (Fsp3) is 0.310. The molecular formula is C29H34ClN3O4S. The van der Waals surface area contributed by atoms with Gasteiger partial charge in [-0.3, -0.25) is 13.9 Å². The van der Waals surface area contributed by atoms with E-state index in [1.807, 2.05) is 52.0 Å². The molecule has 38 heavy (non-hydrogen) atoms. The third-order valence-corrected chi connectivity index (χ3v) is 7.87. The number of carbonyl (C=O) groups excluding carboxylic acids is 2. The molecule has 0 aromatic heterocycles. The van der Waals surface area contributed by atoms with Gasteiger partial charge in [-0.2, -0.15) is 0 Å². The van der Waals surface area contributed by atoms with Gasteiger partial charge in [-0.15, -0.1) is 0 Å². The molecule has 202 valence electrons. The van der Waals surface area contributed by atoms with Crippen molar-refractivity contribution in [2.24, 2.45) is 0 Å². The van der Waals surface area contributed by atoms with E-state index < -0.39 is 34.1 Å². The van der Waals surface area contributed by atoms with Crippen molar-refractivity contribution in [3.05, 3.63) is 95.0 Å². The summed E-state index contributed by atoms with van der Waals surface area (Å²) in [5, 5.41) is 3.36. The van der Waals surface area contributed by atoms with Crippen LogP contribution >= 0.6 is 11.6 Å². The van der Waals surface area contributed by atoms with Crippen molar-refractivity contribution in [1.82, 2.24) is 10.2 Å². The van der Waals surface area contributed by atoms with E-state index in [0.717, 1.165) is 15.4 Å². The first kappa shape index (κ1) is 29.2. The molecule has 0 spiro atoms. The summed E-state index contributed by atoms with van der Waals surface area (Å²) >= 11 is 6.05. The molecule has 2 amide bonds. The topological polar surface area (TPSA) is 86.8 Å². The van der Waals surface area contributed by atoms with Gasteiger partial charge in [0.25, 0.3) is 10.0 Å². The molecule has 0 aliphatic heterocycles. The van der Waals surface area contributed by atoms with E-state index in [-0.39, 0.29) is 23.0 Å². The molecule has 3 rings (SSSR count). The quantitative estimate of drug-likeness (QED) is 0.394. The number of anilines is 1. The Balaban J connectivity index is 2.02. The third kappa shape index (κ3) is 7.58. The van der Waals surface area contributed by atoms with Gasteiger partial charge in [-0.25, -0.2) is 8.42 Å². The minimum absolute atomic E-state index is 0.0477. The Morgan fingerprint density at radius 3 is 2.16 bits per heavy atom. The SMILES string of the molecule is Cc1cccc(CN(C(=O)CN(c2ccc(Cl)cc2)S(=O)(=O)c2ccccc2)C(C)C(=O)NC(C)(C)C)c1. The highest BCUT2D eigenvalue weighted by atomic mass is 35.5. The Labute approximate surface area is 230 Å². The minimum Gasteiger partial charge on any atom is -0.350 e. The largest absolute Gasteiger partial charge is 0.350 e. The van der Waals surface area contributed by atoms with Crippen LogP contribution < -0.4 is 9.62 Å². The number of benzene rings is 3. The van der Waals surface area contributed by atoms with Crippen LogP contribution in [0.25, 0.3) is 0 Å². The van der Waals surface area contributed by atoms with Gasteiger partial charge < -0.3 is 10.2 Å². The number of hydrogen-bond acceptors (Lipinski definition) is 4. The van der Waals surface area contributed by atoms with E-state index >= 15 is 0 Å². The average Bonchev–Trinajstić information content (AvgIpc) is 2.85. The summed E-state index contributed by atoms with van der Waals surface area (Å²) in [5.41, 5.74) is 1.62. The number of amides is 2. The van der Waals surface area contributed by atoms with E-state index in [1.54, 1.807) is 49.4 Å². The Morgan fingerprint density at radius 1 is 0.947 bits per heavy atom. The summed E-state index contributed by atoms with van der Waals surface area (Å²) in [6.07, 6.45) is 0. The molecule has 7 nitrogen and oxygen atoms in total. The molecule has 0 saturated carbocycles. The monoisotopic (exact) mass is 555 g/mol. The van der Waals surface area contributed by atoms with Gasteiger partial charge in [-0.05, 0) is 76.6 Å². The first-order valence-electron chi connectivity index (χ1n) is 12.3. The van der Waals surface area contributed by atoms with Crippen molar-refractivity contribution in [2.45, 2.75) is 57.6 Å². The number of aryl methyl sites for hydroxylation is 1. The highest BCUT2D eigenvalue weighted by molar-refractivity contribution is 7.92. The number of carbonyl (C=O) groups is 2. The predicted molar refractivity (Wildman–Crippen MR) is 152 cm³/mol. The van der Waals surface area contributed by atoms with Crippen molar-refractivity contribution < 1.29 is 18.0 Å². The van der Waals surface area contributed by atoms with Crippen LogP contribution in [0.3, 0.4) is 0 Å². The maximum Gasteiger partial charge on any atom is 0.264 e. The van der Waals surface area contributed by atoms with Gasteiger partial charge in [0.1, 0.15) is 12.6 Å². The number of sulfonamides is 1. The van der Waals surface area contributed by atoms with Gasteiger partial charge >= 0.3 is 0 Å². The lowest BCUT2D eigenvalue weighted by atomic mass is 10.1. The smallest absolute Gasteiger partial charge is 0.264 e. The minimum atomic E-state index is -4.11.